The van der Waals surface area contributed by atoms with Crippen LogP contribution in [0, 0.1) is 0 Å². The lowest BCUT2D eigenvalue weighted by atomic mass is 9.85. The molecule has 0 aromatic heterocycles. The van der Waals surface area contributed by atoms with Crippen molar-refractivity contribution in [2.24, 2.45) is 0 Å². The topological polar surface area (TPSA) is 73.2 Å². The van der Waals surface area contributed by atoms with Crippen LogP contribution in [0.25, 0.3) is 0 Å². The van der Waals surface area contributed by atoms with Gasteiger partial charge in [-0.3, -0.25) is 4.90 Å². The van der Waals surface area contributed by atoms with Crippen LogP contribution in [-0.4, -0.2) is 76.6 Å². The molecule has 0 aromatic rings. The monoisotopic (exact) mass is 270 g/mol. The maximum atomic E-state index is 11.2. The number of aliphatic hydroxyl groups is 1. The number of piperidine rings is 1. The Morgan fingerprint density at radius 1 is 1.21 bits per heavy atom. The van der Waals surface area contributed by atoms with Gasteiger partial charge in [-0.1, -0.05) is 0 Å². The van der Waals surface area contributed by atoms with E-state index >= 15 is 0 Å². The molecule has 3 atom stereocenters. The van der Waals surface area contributed by atoms with E-state index in [-0.39, 0.29) is 12.1 Å². The van der Waals surface area contributed by atoms with Gasteiger partial charge in [0, 0.05) is 31.7 Å². The summed E-state index contributed by atoms with van der Waals surface area (Å²) >= 11 is 0. The molecule has 1 unspecified atom stereocenters. The van der Waals surface area contributed by atoms with Gasteiger partial charge in [-0.05, 0) is 25.7 Å². The van der Waals surface area contributed by atoms with Crippen LogP contribution in [0.4, 0.5) is 4.79 Å². The number of hydrogen-bond acceptors (Lipinski definition) is 4. The normalized spacial score (nSPS) is 39.5. The van der Waals surface area contributed by atoms with E-state index in [1.165, 1.54) is 0 Å². The summed E-state index contributed by atoms with van der Waals surface area (Å²) in [6, 6.07) is 0.00424. The summed E-state index contributed by atoms with van der Waals surface area (Å²) in [6.45, 7) is 3.83. The van der Waals surface area contributed by atoms with Crippen LogP contribution in [0.2, 0.25) is 0 Å². The summed E-state index contributed by atoms with van der Waals surface area (Å²) in [4.78, 5) is 15.0. The number of carboxylic acid groups (broad SMARTS) is 1. The summed E-state index contributed by atoms with van der Waals surface area (Å²) in [7, 11) is 0. The number of carbonyl (C=O) groups is 1. The number of rotatable bonds is 2. The van der Waals surface area contributed by atoms with Crippen LogP contribution < -0.4 is 0 Å². The molecule has 3 aliphatic heterocycles. The zero-order valence-corrected chi connectivity index (χ0v) is 11.1. The largest absolute Gasteiger partial charge is 0.465 e. The van der Waals surface area contributed by atoms with Crippen molar-refractivity contribution in [2.75, 3.05) is 32.8 Å². The van der Waals surface area contributed by atoms with Crippen molar-refractivity contribution in [2.45, 2.75) is 43.4 Å². The molecule has 3 rings (SSSR count). The van der Waals surface area contributed by atoms with Crippen LogP contribution in [0.5, 0.6) is 0 Å². The molecule has 0 aliphatic carbocycles. The lowest BCUT2D eigenvalue weighted by molar-refractivity contribution is -0.0779. The Kier molecular flexibility index (Phi) is 3.41. The SMILES string of the molecule is O=C(O)N1C2CC[C@H]1C[C@@](O)(CN1CCOCC1)C2. The Bertz CT molecular complexity index is 343. The lowest BCUT2D eigenvalue weighted by Gasteiger charge is -2.45. The molecule has 3 heterocycles. The van der Waals surface area contributed by atoms with Gasteiger partial charge in [0.2, 0.25) is 0 Å². The smallest absolute Gasteiger partial charge is 0.407 e. The van der Waals surface area contributed by atoms with Crippen LogP contribution in [0.3, 0.4) is 0 Å². The van der Waals surface area contributed by atoms with Crippen molar-refractivity contribution in [3.63, 3.8) is 0 Å². The molecule has 6 heteroatoms. The van der Waals surface area contributed by atoms with E-state index in [0.717, 1.165) is 39.1 Å². The third-order valence-corrected chi connectivity index (χ3v) is 4.69. The van der Waals surface area contributed by atoms with Gasteiger partial charge in [-0.15, -0.1) is 0 Å². The molecule has 19 heavy (non-hydrogen) atoms. The Morgan fingerprint density at radius 2 is 1.79 bits per heavy atom. The average Bonchev–Trinajstić information content (AvgIpc) is 2.64. The van der Waals surface area contributed by atoms with Gasteiger partial charge in [0.15, 0.2) is 0 Å². The van der Waals surface area contributed by atoms with E-state index in [1.807, 2.05) is 0 Å². The molecule has 0 spiro atoms. The molecule has 2 bridgehead atoms. The van der Waals surface area contributed by atoms with Crippen molar-refractivity contribution in [3.05, 3.63) is 0 Å². The summed E-state index contributed by atoms with van der Waals surface area (Å²) in [5.74, 6) is 0. The van der Waals surface area contributed by atoms with Crippen molar-refractivity contribution >= 4 is 6.09 Å². The maximum Gasteiger partial charge on any atom is 0.407 e. The molecule has 3 aliphatic rings. The molecule has 0 aromatic carbocycles. The Hall–Kier alpha value is -0.850. The molecular formula is C13H22N2O4. The van der Waals surface area contributed by atoms with Crippen LogP contribution in [-0.2, 0) is 4.74 Å². The first-order valence-electron chi connectivity index (χ1n) is 7.11. The molecule has 108 valence electrons. The van der Waals surface area contributed by atoms with Gasteiger partial charge in [0.25, 0.3) is 0 Å². The minimum Gasteiger partial charge on any atom is -0.465 e. The maximum absolute atomic E-state index is 11.2. The van der Waals surface area contributed by atoms with Crippen molar-refractivity contribution in [1.29, 1.82) is 0 Å². The van der Waals surface area contributed by atoms with E-state index in [9.17, 15) is 15.0 Å². The third kappa shape index (κ3) is 2.57. The van der Waals surface area contributed by atoms with E-state index < -0.39 is 11.7 Å². The minimum atomic E-state index is -0.832. The third-order valence-electron chi connectivity index (χ3n) is 4.69. The van der Waals surface area contributed by atoms with Crippen LogP contribution in [0.1, 0.15) is 25.7 Å². The highest BCUT2D eigenvalue weighted by molar-refractivity contribution is 5.66. The van der Waals surface area contributed by atoms with Gasteiger partial charge >= 0.3 is 6.09 Å². The fraction of sp³-hybridized carbons (Fsp3) is 0.923. The quantitative estimate of drug-likeness (QED) is 0.757. The van der Waals surface area contributed by atoms with Gasteiger partial charge in [0.1, 0.15) is 0 Å². The number of hydrogen-bond donors (Lipinski definition) is 2. The highest BCUT2D eigenvalue weighted by atomic mass is 16.5. The summed E-state index contributed by atoms with van der Waals surface area (Å²) in [6.07, 6.45) is 2.10. The number of morpholine rings is 1. The molecule has 2 N–H and O–H groups in total. The zero-order chi connectivity index (χ0) is 13.5. The fourth-order valence-corrected chi connectivity index (χ4v) is 3.94. The molecule has 0 radical (unpaired) electrons. The molecule has 3 fully saturated rings. The molecule has 3 saturated heterocycles. The standard InChI is InChI=1S/C13H22N2O4/c16-12(17)15-10-1-2-11(15)8-13(18,7-10)9-14-3-5-19-6-4-14/h10-11,18H,1-9H2,(H,16,17)/t10-,11?,13-/m0/s1. The number of amides is 1. The Morgan fingerprint density at radius 3 is 2.32 bits per heavy atom. The second kappa shape index (κ2) is 4.92. The van der Waals surface area contributed by atoms with Crippen molar-refractivity contribution < 1.29 is 19.7 Å². The second-order valence-corrected chi connectivity index (χ2v) is 6.10. The van der Waals surface area contributed by atoms with Crippen molar-refractivity contribution in [3.8, 4) is 0 Å². The Balaban J connectivity index is 1.65. The summed E-state index contributed by atoms with van der Waals surface area (Å²) < 4.78 is 5.32. The minimum absolute atomic E-state index is 0.00212. The van der Waals surface area contributed by atoms with Crippen LogP contribution >= 0.6 is 0 Å². The fourth-order valence-electron chi connectivity index (χ4n) is 3.94. The van der Waals surface area contributed by atoms with Crippen LogP contribution in [0.15, 0.2) is 0 Å². The predicted octanol–water partition coefficient (Wildman–Crippen LogP) is 0.355. The lowest BCUT2D eigenvalue weighted by Crippen LogP contribution is -2.57. The Labute approximate surface area is 112 Å². The molecular weight excluding hydrogens is 248 g/mol. The predicted molar refractivity (Wildman–Crippen MR) is 68.1 cm³/mol. The van der Waals surface area contributed by atoms with E-state index in [0.29, 0.717) is 19.4 Å². The highest BCUT2D eigenvalue weighted by Crippen LogP contribution is 2.41. The molecule has 6 nitrogen and oxygen atoms in total. The second-order valence-electron chi connectivity index (χ2n) is 6.10. The number of fused-ring (bicyclic) bond motifs is 2. The number of nitrogens with zero attached hydrogens (tertiary/aromatic N) is 2. The average molecular weight is 270 g/mol. The molecule has 0 saturated carbocycles. The van der Waals surface area contributed by atoms with E-state index in [4.69, 9.17) is 4.74 Å². The van der Waals surface area contributed by atoms with Gasteiger partial charge in [-0.25, -0.2) is 4.79 Å². The first-order chi connectivity index (χ1) is 9.07. The van der Waals surface area contributed by atoms with Crippen molar-refractivity contribution in [1.82, 2.24) is 9.80 Å². The zero-order valence-electron chi connectivity index (χ0n) is 11.1. The number of β-amino-alcohol motifs (C(OH)–C–C–N with tert-alkyl or cyclic N) is 1. The van der Waals surface area contributed by atoms with Gasteiger partial charge in [0.05, 0.1) is 18.8 Å². The summed E-state index contributed by atoms with van der Waals surface area (Å²) in [5.41, 5.74) is -0.727. The van der Waals surface area contributed by atoms with Gasteiger partial charge in [-0.2, -0.15) is 0 Å². The molecule has 1 amide bonds. The number of ether oxygens (including phenoxy) is 1. The van der Waals surface area contributed by atoms with Gasteiger partial charge < -0.3 is 19.8 Å². The summed E-state index contributed by atoms with van der Waals surface area (Å²) in [5, 5.41) is 20.0. The van der Waals surface area contributed by atoms with E-state index in [2.05, 4.69) is 4.90 Å². The first-order valence-corrected chi connectivity index (χ1v) is 7.11. The highest BCUT2D eigenvalue weighted by Gasteiger charge is 2.49. The first kappa shape index (κ1) is 13.1. The van der Waals surface area contributed by atoms with E-state index in [1.54, 1.807) is 4.90 Å².